The summed E-state index contributed by atoms with van der Waals surface area (Å²) in [6.45, 7) is 3.53. The monoisotopic (exact) mass is 249 g/mol. The normalized spacial score (nSPS) is 21.8. The van der Waals surface area contributed by atoms with E-state index in [2.05, 4.69) is 19.1 Å². The Kier molecular flexibility index (Phi) is 4.25. The largest absolute Gasteiger partial charge is 0.493 e. The zero-order valence-electron chi connectivity index (χ0n) is 11.3. The maximum absolute atomic E-state index is 6.43. The highest BCUT2D eigenvalue weighted by atomic mass is 16.5. The van der Waals surface area contributed by atoms with Crippen molar-refractivity contribution in [2.45, 2.75) is 37.6 Å². The van der Waals surface area contributed by atoms with Gasteiger partial charge in [0.25, 0.3) is 0 Å². The van der Waals surface area contributed by atoms with Gasteiger partial charge in [-0.1, -0.05) is 25.1 Å². The van der Waals surface area contributed by atoms with Crippen molar-refractivity contribution in [2.75, 3.05) is 20.3 Å². The van der Waals surface area contributed by atoms with E-state index in [-0.39, 0.29) is 5.54 Å². The first-order chi connectivity index (χ1) is 8.68. The first kappa shape index (κ1) is 13.4. The molecule has 2 N–H and O–H groups in total. The van der Waals surface area contributed by atoms with Crippen LogP contribution in [0.1, 0.15) is 37.7 Å². The fourth-order valence-corrected chi connectivity index (χ4v) is 2.71. The van der Waals surface area contributed by atoms with Crippen LogP contribution in [0.2, 0.25) is 0 Å². The standard InChI is InChI=1S/C15H23NO2/c1-3-15(16,11-17-2)10-12-8-9-18-14-7-5-4-6-13(12)14/h4-7,12H,3,8-11,16H2,1-2H3. The van der Waals surface area contributed by atoms with Crippen molar-refractivity contribution >= 4 is 0 Å². The van der Waals surface area contributed by atoms with E-state index >= 15 is 0 Å². The molecule has 0 saturated heterocycles. The van der Waals surface area contributed by atoms with Gasteiger partial charge >= 0.3 is 0 Å². The molecule has 1 aliphatic heterocycles. The Morgan fingerprint density at radius 3 is 2.94 bits per heavy atom. The third kappa shape index (κ3) is 2.85. The van der Waals surface area contributed by atoms with Gasteiger partial charge in [-0.2, -0.15) is 0 Å². The molecule has 1 aromatic carbocycles. The molecule has 3 nitrogen and oxygen atoms in total. The van der Waals surface area contributed by atoms with Gasteiger partial charge in [0.2, 0.25) is 0 Å². The number of benzene rings is 1. The Balaban J connectivity index is 2.15. The first-order valence-corrected chi connectivity index (χ1v) is 6.68. The van der Waals surface area contributed by atoms with E-state index in [9.17, 15) is 0 Å². The lowest BCUT2D eigenvalue weighted by molar-refractivity contribution is 0.114. The van der Waals surface area contributed by atoms with Crippen molar-refractivity contribution in [3.63, 3.8) is 0 Å². The Morgan fingerprint density at radius 1 is 1.44 bits per heavy atom. The summed E-state index contributed by atoms with van der Waals surface area (Å²) in [4.78, 5) is 0. The van der Waals surface area contributed by atoms with Gasteiger partial charge in [-0.25, -0.2) is 0 Å². The second-order valence-electron chi connectivity index (χ2n) is 5.22. The molecular formula is C15H23NO2. The lowest BCUT2D eigenvalue weighted by Crippen LogP contribution is -2.45. The van der Waals surface area contributed by atoms with E-state index in [1.165, 1.54) is 5.56 Å². The molecule has 0 aromatic heterocycles. The summed E-state index contributed by atoms with van der Waals surface area (Å²) in [6, 6.07) is 8.29. The van der Waals surface area contributed by atoms with Crippen LogP contribution in [0.15, 0.2) is 24.3 Å². The van der Waals surface area contributed by atoms with E-state index in [4.69, 9.17) is 15.2 Å². The highest BCUT2D eigenvalue weighted by Crippen LogP contribution is 2.38. The molecule has 1 aliphatic rings. The number of nitrogens with two attached hydrogens (primary N) is 1. The summed E-state index contributed by atoms with van der Waals surface area (Å²) in [5.41, 5.74) is 7.49. The summed E-state index contributed by atoms with van der Waals surface area (Å²) in [5.74, 6) is 1.50. The van der Waals surface area contributed by atoms with Gasteiger partial charge in [-0.15, -0.1) is 0 Å². The molecule has 100 valence electrons. The summed E-state index contributed by atoms with van der Waals surface area (Å²) >= 11 is 0. The zero-order valence-corrected chi connectivity index (χ0v) is 11.3. The molecule has 0 fully saturated rings. The van der Waals surface area contributed by atoms with Crippen molar-refractivity contribution in [3.05, 3.63) is 29.8 Å². The quantitative estimate of drug-likeness (QED) is 0.872. The van der Waals surface area contributed by atoms with Gasteiger partial charge in [0.15, 0.2) is 0 Å². The second kappa shape index (κ2) is 5.72. The lowest BCUT2D eigenvalue weighted by Gasteiger charge is -2.34. The van der Waals surface area contributed by atoms with Gasteiger partial charge in [-0.05, 0) is 36.8 Å². The zero-order chi connectivity index (χ0) is 13.0. The van der Waals surface area contributed by atoms with Crippen LogP contribution in [0.3, 0.4) is 0 Å². The summed E-state index contributed by atoms with van der Waals surface area (Å²) in [6.07, 6.45) is 2.93. The van der Waals surface area contributed by atoms with Crippen molar-refractivity contribution in [1.82, 2.24) is 0 Å². The van der Waals surface area contributed by atoms with E-state index < -0.39 is 0 Å². The fourth-order valence-electron chi connectivity index (χ4n) is 2.71. The predicted octanol–water partition coefficient (Wildman–Crippen LogP) is 2.70. The van der Waals surface area contributed by atoms with E-state index in [0.29, 0.717) is 12.5 Å². The van der Waals surface area contributed by atoms with Crippen LogP contribution in [0.4, 0.5) is 0 Å². The lowest BCUT2D eigenvalue weighted by atomic mass is 9.80. The molecule has 2 unspecified atom stereocenters. The van der Waals surface area contributed by atoms with Crippen molar-refractivity contribution in [3.8, 4) is 5.75 Å². The third-order valence-electron chi connectivity index (χ3n) is 3.87. The smallest absolute Gasteiger partial charge is 0.122 e. The van der Waals surface area contributed by atoms with Crippen LogP contribution in [-0.4, -0.2) is 25.9 Å². The number of ether oxygens (including phenoxy) is 2. The number of fused-ring (bicyclic) bond motifs is 1. The molecule has 1 heterocycles. The highest BCUT2D eigenvalue weighted by Gasteiger charge is 2.30. The third-order valence-corrected chi connectivity index (χ3v) is 3.87. The average molecular weight is 249 g/mol. The van der Waals surface area contributed by atoms with Crippen molar-refractivity contribution in [1.29, 1.82) is 0 Å². The molecule has 2 rings (SSSR count). The second-order valence-corrected chi connectivity index (χ2v) is 5.22. The Labute approximate surface area is 109 Å². The first-order valence-electron chi connectivity index (χ1n) is 6.68. The van der Waals surface area contributed by atoms with Crippen LogP contribution in [0, 0.1) is 0 Å². The van der Waals surface area contributed by atoms with Crippen LogP contribution in [0.5, 0.6) is 5.75 Å². The average Bonchev–Trinajstić information content (AvgIpc) is 2.39. The molecule has 0 radical (unpaired) electrons. The Bertz CT molecular complexity index is 394. The van der Waals surface area contributed by atoms with Crippen molar-refractivity contribution in [2.24, 2.45) is 5.73 Å². The molecule has 0 bridgehead atoms. The molecule has 0 amide bonds. The van der Waals surface area contributed by atoms with E-state index in [0.717, 1.165) is 31.6 Å². The van der Waals surface area contributed by atoms with Gasteiger partial charge in [0, 0.05) is 12.6 Å². The topological polar surface area (TPSA) is 44.5 Å². The molecule has 0 aliphatic carbocycles. The van der Waals surface area contributed by atoms with Gasteiger partial charge < -0.3 is 15.2 Å². The number of hydrogen-bond acceptors (Lipinski definition) is 3. The van der Waals surface area contributed by atoms with Gasteiger partial charge in [0.05, 0.1) is 13.2 Å². The molecule has 1 aromatic rings. The number of methoxy groups -OCH3 is 1. The molecule has 0 saturated carbocycles. The maximum Gasteiger partial charge on any atom is 0.122 e. The minimum Gasteiger partial charge on any atom is -0.493 e. The van der Waals surface area contributed by atoms with Crippen LogP contribution in [-0.2, 0) is 4.74 Å². The summed E-state index contributed by atoms with van der Waals surface area (Å²) in [7, 11) is 1.72. The minimum absolute atomic E-state index is 0.232. The maximum atomic E-state index is 6.43. The Morgan fingerprint density at radius 2 is 2.22 bits per heavy atom. The summed E-state index contributed by atoms with van der Waals surface area (Å²) < 4.78 is 11.0. The van der Waals surface area contributed by atoms with E-state index in [1.807, 2.05) is 12.1 Å². The van der Waals surface area contributed by atoms with Gasteiger partial charge in [0.1, 0.15) is 5.75 Å². The van der Waals surface area contributed by atoms with E-state index in [1.54, 1.807) is 7.11 Å². The highest BCUT2D eigenvalue weighted by molar-refractivity contribution is 5.38. The predicted molar refractivity (Wildman–Crippen MR) is 73.0 cm³/mol. The minimum atomic E-state index is -0.232. The SMILES string of the molecule is CCC(N)(COC)CC1CCOc2ccccc21. The number of para-hydroxylation sites is 1. The number of rotatable bonds is 5. The molecule has 3 heteroatoms. The van der Waals surface area contributed by atoms with Gasteiger partial charge in [-0.3, -0.25) is 0 Å². The molecular weight excluding hydrogens is 226 g/mol. The molecule has 2 atom stereocenters. The van der Waals surface area contributed by atoms with Crippen molar-refractivity contribution < 1.29 is 9.47 Å². The van der Waals surface area contributed by atoms with Crippen LogP contribution >= 0.6 is 0 Å². The van der Waals surface area contributed by atoms with Crippen LogP contribution < -0.4 is 10.5 Å². The Hall–Kier alpha value is -1.06. The molecule has 18 heavy (non-hydrogen) atoms. The summed E-state index contributed by atoms with van der Waals surface area (Å²) in [5, 5.41) is 0. The number of hydrogen-bond donors (Lipinski definition) is 1. The fraction of sp³-hybridized carbons (Fsp3) is 0.600. The molecule has 0 spiro atoms. The van der Waals surface area contributed by atoms with Crippen LogP contribution in [0.25, 0.3) is 0 Å².